The van der Waals surface area contributed by atoms with Crippen LogP contribution in [0.2, 0.25) is 0 Å². The van der Waals surface area contributed by atoms with Crippen LogP contribution in [0.3, 0.4) is 0 Å². The average Bonchev–Trinajstić information content (AvgIpc) is 2.30. The molecule has 1 aliphatic heterocycles. The van der Waals surface area contributed by atoms with Crippen molar-refractivity contribution < 1.29 is 0 Å². The van der Waals surface area contributed by atoms with E-state index in [1.165, 1.54) is 19.5 Å². The summed E-state index contributed by atoms with van der Waals surface area (Å²) in [5, 5.41) is 0. The van der Waals surface area contributed by atoms with E-state index < -0.39 is 0 Å². The second-order valence-electron chi connectivity index (χ2n) is 5.02. The topological polar surface area (TPSA) is 29.3 Å². The van der Waals surface area contributed by atoms with Gasteiger partial charge in [0.1, 0.15) is 0 Å². The van der Waals surface area contributed by atoms with E-state index >= 15 is 0 Å². The van der Waals surface area contributed by atoms with Gasteiger partial charge < -0.3 is 5.73 Å². The van der Waals surface area contributed by atoms with Gasteiger partial charge in [-0.25, -0.2) is 0 Å². The molecular weight excluding hydrogens is 148 g/mol. The fourth-order valence-corrected chi connectivity index (χ4v) is 1.83. The number of rotatable bonds is 1. The van der Waals surface area contributed by atoms with E-state index in [1.807, 2.05) is 0 Å². The highest BCUT2D eigenvalue weighted by Crippen LogP contribution is 2.25. The zero-order valence-corrected chi connectivity index (χ0v) is 8.80. The first-order chi connectivity index (χ1) is 5.41. The average molecular weight is 170 g/mol. The quantitative estimate of drug-likeness (QED) is 0.645. The molecule has 0 aliphatic carbocycles. The van der Waals surface area contributed by atoms with Gasteiger partial charge in [-0.2, -0.15) is 0 Å². The van der Waals surface area contributed by atoms with Crippen molar-refractivity contribution in [2.45, 2.75) is 45.7 Å². The van der Waals surface area contributed by atoms with E-state index in [0.29, 0.717) is 17.5 Å². The zero-order valence-electron chi connectivity index (χ0n) is 8.80. The third kappa shape index (κ3) is 2.20. The predicted octanol–water partition coefficient (Wildman–Crippen LogP) is 1.45. The molecule has 1 heterocycles. The summed E-state index contributed by atoms with van der Waals surface area (Å²) in [5.41, 5.74) is 6.20. The minimum absolute atomic E-state index is 0.323. The first-order valence-corrected chi connectivity index (χ1v) is 4.92. The van der Waals surface area contributed by atoms with E-state index in [2.05, 4.69) is 32.6 Å². The van der Waals surface area contributed by atoms with Crippen LogP contribution < -0.4 is 5.73 Å². The van der Waals surface area contributed by atoms with Crippen molar-refractivity contribution in [1.82, 2.24) is 4.90 Å². The summed E-state index contributed by atoms with van der Waals surface area (Å²) >= 11 is 0. The van der Waals surface area contributed by atoms with Crippen molar-refractivity contribution in [3.05, 3.63) is 0 Å². The van der Waals surface area contributed by atoms with Gasteiger partial charge in [-0.1, -0.05) is 0 Å². The highest BCUT2D eigenvalue weighted by molar-refractivity contribution is 4.87. The number of hydrogen-bond acceptors (Lipinski definition) is 2. The van der Waals surface area contributed by atoms with Gasteiger partial charge in [-0.3, -0.25) is 4.90 Å². The normalized spacial score (nSPS) is 29.2. The van der Waals surface area contributed by atoms with Crippen LogP contribution >= 0.6 is 0 Å². The van der Waals surface area contributed by atoms with Crippen LogP contribution in [0.25, 0.3) is 0 Å². The fraction of sp³-hybridized carbons (Fsp3) is 1.00. The largest absolute Gasteiger partial charge is 0.328 e. The van der Waals surface area contributed by atoms with Crippen LogP contribution in [-0.4, -0.2) is 29.6 Å². The SMILES string of the molecule is C[C@@H](N)C1CCN(C(C)(C)C)C1. The first-order valence-electron chi connectivity index (χ1n) is 4.92. The summed E-state index contributed by atoms with van der Waals surface area (Å²) in [7, 11) is 0. The Morgan fingerprint density at radius 1 is 1.42 bits per heavy atom. The second-order valence-corrected chi connectivity index (χ2v) is 5.02. The summed E-state index contributed by atoms with van der Waals surface area (Å²) in [6, 6.07) is 0.359. The standard InChI is InChI=1S/C10H22N2/c1-8(11)9-5-6-12(7-9)10(2,3)4/h8-9H,5-7,11H2,1-4H3/t8-,9?/m1/s1. The molecule has 0 aromatic carbocycles. The van der Waals surface area contributed by atoms with Crippen molar-refractivity contribution in [3.63, 3.8) is 0 Å². The molecule has 1 rings (SSSR count). The molecular formula is C10H22N2. The maximum absolute atomic E-state index is 5.88. The van der Waals surface area contributed by atoms with Crippen molar-refractivity contribution in [2.24, 2.45) is 11.7 Å². The maximum atomic E-state index is 5.88. The van der Waals surface area contributed by atoms with E-state index in [4.69, 9.17) is 5.73 Å². The zero-order chi connectivity index (χ0) is 9.35. The molecule has 72 valence electrons. The molecule has 2 atom stereocenters. The Labute approximate surface area is 76.1 Å². The third-order valence-electron chi connectivity index (χ3n) is 2.92. The summed E-state index contributed by atoms with van der Waals surface area (Å²) in [6.45, 7) is 11.3. The second kappa shape index (κ2) is 3.35. The van der Waals surface area contributed by atoms with E-state index in [-0.39, 0.29) is 0 Å². The van der Waals surface area contributed by atoms with Gasteiger partial charge in [0.15, 0.2) is 0 Å². The first kappa shape index (κ1) is 10.0. The monoisotopic (exact) mass is 170 g/mol. The molecule has 0 bridgehead atoms. The Bertz CT molecular complexity index is 146. The maximum Gasteiger partial charge on any atom is 0.0125 e. The van der Waals surface area contributed by atoms with E-state index in [9.17, 15) is 0 Å². The van der Waals surface area contributed by atoms with E-state index in [0.717, 1.165) is 0 Å². The summed E-state index contributed by atoms with van der Waals surface area (Å²) in [5.74, 6) is 0.712. The van der Waals surface area contributed by atoms with Gasteiger partial charge in [0, 0.05) is 18.1 Å². The predicted molar refractivity (Wildman–Crippen MR) is 53.1 cm³/mol. The Hall–Kier alpha value is -0.0800. The molecule has 1 aliphatic rings. The molecule has 0 amide bonds. The molecule has 0 aromatic rings. The van der Waals surface area contributed by atoms with Crippen LogP contribution in [0.1, 0.15) is 34.1 Å². The van der Waals surface area contributed by atoms with Gasteiger partial charge in [-0.05, 0) is 46.6 Å². The third-order valence-corrected chi connectivity index (χ3v) is 2.92. The molecule has 1 unspecified atom stereocenters. The molecule has 1 saturated heterocycles. The summed E-state index contributed by atoms with van der Waals surface area (Å²) in [4.78, 5) is 2.53. The van der Waals surface area contributed by atoms with Crippen molar-refractivity contribution in [1.29, 1.82) is 0 Å². The summed E-state index contributed by atoms with van der Waals surface area (Å²) in [6.07, 6.45) is 1.27. The Kier molecular flexibility index (Phi) is 2.79. The van der Waals surface area contributed by atoms with Crippen molar-refractivity contribution in [2.75, 3.05) is 13.1 Å². The van der Waals surface area contributed by atoms with Crippen molar-refractivity contribution >= 4 is 0 Å². The minimum atomic E-state index is 0.323. The smallest absolute Gasteiger partial charge is 0.0125 e. The Balaban J connectivity index is 2.46. The molecule has 12 heavy (non-hydrogen) atoms. The van der Waals surface area contributed by atoms with Gasteiger partial charge in [0.05, 0.1) is 0 Å². The molecule has 1 fully saturated rings. The molecule has 2 heteroatoms. The van der Waals surface area contributed by atoms with E-state index in [1.54, 1.807) is 0 Å². The van der Waals surface area contributed by atoms with Gasteiger partial charge in [0.25, 0.3) is 0 Å². The van der Waals surface area contributed by atoms with Gasteiger partial charge in [-0.15, -0.1) is 0 Å². The lowest BCUT2D eigenvalue weighted by molar-refractivity contribution is 0.166. The molecule has 0 aromatic heterocycles. The van der Waals surface area contributed by atoms with Gasteiger partial charge >= 0.3 is 0 Å². The number of likely N-dealkylation sites (tertiary alicyclic amines) is 1. The van der Waals surface area contributed by atoms with Crippen LogP contribution in [-0.2, 0) is 0 Å². The lowest BCUT2D eigenvalue weighted by Gasteiger charge is -2.32. The highest BCUT2D eigenvalue weighted by atomic mass is 15.2. The van der Waals surface area contributed by atoms with Gasteiger partial charge in [0.2, 0.25) is 0 Å². The number of hydrogen-bond donors (Lipinski definition) is 1. The molecule has 2 N–H and O–H groups in total. The summed E-state index contributed by atoms with van der Waals surface area (Å²) < 4.78 is 0. The lowest BCUT2D eigenvalue weighted by atomic mass is 10.0. The van der Waals surface area contributed by atoms with Crippen LogP contribution in [0.15, 0.2) is 0 Å². The van der Waals surface area contributed by atoms with Crippen molar-refractivity contribution in [3.8, 4) is 0 Å². The molecule has 0 spiro atoms. The lowest BCUT2D eigenvalue weighted by Crippen LogP contribution is -2.40. The van der Waals surface area contributed by atoms with Crippen LogP contribution in [0.5, 0.6) is 0 Å². The number of nitrogens with zero attached hydrogens (tertiary/aromatic N) is 1. The molecule has 2 nitrogen and oxygen atoms in total. The molecule has 0 radical (unpaired) electrons. The fourth-order valence-electron chi connectivity index (χ4n) is 1.83. The van der Waals surface area contributed by atoms with Crippen LogP contribution in [0, 0.1) is 5.92 Å². The highest BCUT2D eigenvalue weighted by Gasteiger charge is 2.31. The Morgan fingerprint density at radius 2 is 2.00 bits per heavy atom. The number of nitrogens with two attached hydrogens (primary N) is 1. The Morgan fingerprint density at radius 3 is 2.25 bits per heavy atom. The minimum Gasteiger partial charge on any atom is -0.328 e. The molecule has 0 saturated carbocycles. The van der Waals surface area contributed by atoms with Crippen LogP contribution in [0.4, 0.5) is 0 Å².